The molecule has 0 bridgehead atoms. The van der Waals surface area contributed by atoms with Crippen LogP contribution in [0.25, 0.3) is 28.1 Å². The van der Waals surface area contributed by atoms with Gasteiger partial charge in [-0.15, -0.1) is 0 Å². The lowest BCUT2D eigenvalue weighted by molar-refractivity contribution is 0.443. The molecule has 0 saturated carbocycles. The molecule has 3 aliphatic rings. The van der Waals surface area contributed by atoms with Gasteiger partial charge in [0, 0.05) is 17.8 Å². The van der Waals surface area contributed by atoms with Crippen molar-refractivity contribution in [2.45, 2.75) is 18.9 Å². The van der Waals surface area contributed by atoms with Crippen molar-refractivity contribution < 1.29 is 4.74 Å². The van der Waals surface area contributed by atoms with Gasteiger partial charge in [-0.1, -0.05) is 58.5 Å². The average molecular weight is 584 g/mol. The Hall–Kier alpha value is -2.80. The number of halogens is 4. The normalized spacial score (nSPS) is 14.9. The molecule has 1 aliphatic carbocycles. The van der Waals surface area contributed by atoms with Crippen LogP contribution in [0.2, 0.25) is 20.1 Å². The first-order valence-electron chi connectivity index (χ1n) is 12.2. The van der Waals surface area contributed by atoms with Crippen molar-refractivity contribution in [1.29, 1.82) is 0 Å². The Bertz CT molecular complexity index is 1690. The van der Waals surface area contributed by atoms with Crippen molar-refractivity contribution in [3.8, 4) is 28.6 Å². The van der Waals surface area contributed by atoms with Crippen molar-refractivity contribution in [1.82, 2.24) is 14.9 Å². The van der Waals surface area contributed by atoms with E-state index in [4.69, 9.17) is 61.1 Å². The summed E-state index contributed by atoms with van der Waals surface area (Å²) in [6.45, 7) is 1.86. The zero-order chi connectivity index (χ0) is 26.2. The first-order valence-corrected chi connectivity index (χ1v) is 13.8. The summed E-state index contributed by atoms with van der Waals surface area (Å²) in [6, 6.07) is 22.9. The van der Waals surface area contributed by atoms with Gasteiger partial charge in [-0.05, 0) is 74.5 Å². The highest BCUT2D eigenvalue weighted by Gasteiger charge is 2.19. The lowest BCUT2D eigenvalue weighted by atomic mass is 10.1. The topological polar surface area (TPSA) is 51.4 Å². The molecule has 0 spiro atoms. The van der Waals surface area contributed by atoms with Crippen LogP contribution in [-0.2, 0) is 0 Å². The van der Waals surface area contributed by atoms with E-state index in [1.807, 2.05) is 48.5 Å². The molecule has 0 aromatic heterocycles. The number of nitrogens with one attached hydrogen (secondary N) is 1. The minimum Gasteiger partial charge on any atom is -0.455 e. The van der Waals surface area contributed by atoms with Gasteiger partial charge in [-0.2, -0.15) is 0 Å². The third kappa shape index (κ3) is 5.09. The molecular weight excluding hydrogens is 562 g/mol. The summed E-state index contributed by atoms with van der Waals surface area (Å²) in [5.74, 6) is 1.16. The minimum absolute atomic E-state index is 0.177. The highest BCUT2D eigenvalue weighted by atomic mass is 35.5. The van der Waals surface area contributed by atoms with E-state index in [1.165, 1.54) is 0 Å². The molecule has 1 saturated heterocycles. The van der Waals surface area contributed by atoms with E-state index in [0.29, 0.717) is 31.6 Å². The van der Waals surface area contributed by atoms with E-state index < -0.39 is 0 Å². The Labute approximate surface area is 240 Å². The van der Waals surface area contributed by atoms with E-state index in [-0.39, 0.29) is 6.04 Å². The molecule has 1 N–H and O–H groups in total. The molecule has 3 aromatic carbocycles. The SMILES string of the molecule is Clc1ccc(Oc2cc3nc4ccccc4n(-c4ccc(Cl)c(Cl)c4)c-3cc2=NC2CCNCC2)cc1Cl. The second-order valence-corrected chi connectivity index (χ2v) is 10.8. The lowest BCUT2D eigenvalue weighted by Gasteiger charge is -2.22. The van der Waals surface area contributed by atoms with Gasteiger partial charge in [0.1, 0.15) is 11.1 Å². The van der Waals surface area contributed by atoms with Gasteiger partial charge >= 0.3 is 0 Å². The van der Waals surface area contributed by atoms with Crippen LogP contribution in [0.1, 0.15) is 12.8 Å². The molecule has 0 amide bonds. The molecule has 38 heavy (non-hydrogen) atoms. The fourth-order valence-corrected chi connectivity index (χ4v) is 5.29. The number of piperidine rings is 1. The van der Waals surface area contributed by atoms with Crippen LogP contribution < -0.4 is 15.4 Å². The predicted molar refractivity (Wildman–Crippen MR) is 156 cm³/mol. The summed E-state index contributed by atoms with van der Waals surface area (Å²) in [4.78, 5) is 10.1. The van der Waals surface area contributed by atoms with E-state index in [9.17, 15) is 0 Å². The number of nitrogens with zero attached hydrogens (tertiary/aromatic N) is 3. The molecule has 3 aromatic rings. The number of rotatable bonds is 4. The molecule has 9 heteroatoms. The van der Waals surface area contributed by atoms with E-state index >= 15 is 0 Å². The van der Waals surface area contributed by atoms with Gasteiger partial charge in [0.05, 0.1) is 48.6 Å². The fraction of sp³-hybridized carbons (Fsp3) is 0.172. The Kier molecular flexibility index (Phi) is 7.21. The Morgan fingerprint density at radius 2 is 1.55 bits per heavy atom. The van der Waals surface area contributed by atoms with Crippen molar-refractivity contribution in [2.24, 2.45) is 4.99 Å². The minimum atomic E-state index is 0.177. The molecular formula is C29H22Cl4N4O. The van der Waals surface area contributed by atoms with Gasteiger partial charge in [-0.3, -0.25) is 4.99 Å². The highest BCUT2D eigenvalue weighted by molar-refractivity contribution is 6.42. The molecule has 1 fully saturated rings. The van der Waals surface area contributed by atoms with Crippen LogP contribution in [0.4, 0.5) is 0 Å². The maximum atomic E-state index is 6.44. The van der Waals surface area contributed by atoms with Crippen LogP contribution >= 0.6 is 46.4 Å². The predicted octanol–water partition coefficient (Wildman–Crippen LogP) is 8.19. The van der Waals surface area contributed by atoms with Crippen molar-refractivity contribution in [2.75, 3.05) is 13.1 Å². The summed E-state index contributed by atoms with van der Waals surface area (Å²) in [5, 5.41) is 6.00. The van der Waals surface area contributed by atoms with Gasteiger partial charge < -0.3 is 14.6 Å². The summed E-state index contributed by atoms with van der Waals surface area (Å²) >= 11 is 25.1. The molecule has 0 atom stereocenters. The summed E-state index contributed by atoms with van der Waals surface area (Å²) in [7, 11) is 0. The second kappa shape index (κ2) is 10.8. The molecule has 192 valence electrons. The molecule has 5 nitrogen and oxygen atoms in total. The molecule has 0 radical (unpaired) electrons. The van der Waals surface area contributed by atoms with Crippen LogP contribution in [0, 0.1) is 0 Å². The first-order chi connectivity index (χ1) is 18.5. The standard InChI is InChI=1S/C29H22Cl4N4O/c30-20-7-5-18(13-22(20)32)37-27-4-2-1-3-24(27)36-25-16-29(38-19-6-8-21(31)23(33)14-19)26(15-28(25)37)35-17-9-11-34-12-10-17/h1-8,13-17,34H,9-12H2. The number of hydrogen-bond acceptors (Lipinski definition) is 4. The van der Waals surface area contributed by atoms with Gasteiger partial charge in [0.15, 0.2) is 5.75 Å². The third-order valence-electron chi connectivity index (χ3n) is 6.57. The molecule has 2 heterocycles. The average Bonchev–Trinajstić information content (AvgIpc) is 2.92. The molecule has 2 aliphatic heterocycles. The molecule has 6 rings (SSSR count). The first kappa shape index (κ1) is 25.5. The van der Waals surface area contributed by atoms with Gasteiger partial charge in [0.2, 0.25) is 0 Å². The monoisotopic (exact) mass is 582 g/mol. The van der Waals surface area contributed by atoms with Crippen LogP contribution in [0.5, 0.6) is 11.5 Å². The van der Waals surface area contributed by atoms with Crippen molar-refractivity contribution >= 4 is 57.4 Å². The van der Waals surface area contributed by atoms with Gasteiger partial charge in [-0.25, -0.2) is 4.98 Å². The third-order valence-corrected chi connectivity index (χ3v) is 8.05. The largest absolute Gasteiger partial charge is 0.455 e. The second-order valence-electron chi connectivity index (χ2n) is 9.13. The molecule has 0 unspecified atom stereocenters. The Balaban J connectivity index is 1.62. The fourth-order valence-electron chi connectivity index (χ4n) is 4.71. The summed E-state index contributed by atoms with van der Waals surface area (Å²) in [6.07, 6.45) is 1.90. The number of ether oxygens (including phenoxy) is 1. The van der Waals surface area contributed by atoms with E-state index in [1.54, 1.807) is 24.3 Å². The van der Waals surface area contributed by atoms with E-state index in [0.717, 1.165) is 59.4 Å². The smallest absolute Gasteiger partial charge is 0.154 e. The summed E-state index contributed by atoms with van der Waals surface area (Å²) < 4.78 is 8.48. The number of aromatic nitrogens is 2. The number of para-hydroxylation sites is 2. The zero-order valence-corrected chi connectivity index (χ0v) is 23.1. The van der Waals surface area contributed by atoms with Gasteiger partial charge in [0.25, 0.3) is 0 Å². The quantitative estimate of drug-likeness (QED) is 0.217. The lowest BCUT2D eigenvalue weighted by Crippen LogP contribution is -2.31. The maximum absolute atomic E-state index is 6.44. The van der Waals surface area contributed by atoms with E-state index in [2.05, 4.69) is 9.88 Å². The van der Waals surface area contributed by atoms with Crippen LogP contribution in [0.15, 0.2) is 77.8 Å². The Morgan fingerprint density at radius 3 is 2.32 bits per heavy atom. The zero-order valence-electron chi connectivity index (χ0n) is 20.1. The number of benzene rings is 4. The van der Waals surface area contributed by atoms with Crippen molar-refractivity contribution in [3.05, 3.63) is 98.2 Å². The maximum Gasteiger partial charge on any atom is 0.154 e. The van der Waals surface area contributed by atoms with Crippen molar-refractivity contribution in [3.63, 3.8) is 0 Å². The number of hydrogen-bond donors (Lipinski definition) is 1. The number of fused-ring (bicyclic) bond motifs is 2. The van der Waals surface area contributed by atoms with Crippen LogP contribution in [0.3, 0.4) is 0 Å². The Morgan fingerprint density at radius 1 is 0.816 bits per heavy atom. The van der Waals surface area contributed by atoms with Crippen LogP contribution in [-0.4, -0.2) is 28.7 Å². The summed E-state index contributed by atoms with van der Waals surface area (Å²) in [5.41, 5.74) is 4.25. The highest BCUT2D eigenvalue weighted by Crippen LogP contribution is 2.34.